The van der Waals surface area contributed by atoms with Gasteiger partial charge in [-0.3, -0.25) is 4.79 Å². The van der Waals surface area contributed by atoms with E-state index >= 15 is 0 Å². The SMILES string of the molecule is CCOC(=O)c1c(C)[nH]c(C(=O)C(C)OC(=O)c2cc(OC)ccc2Br)c1C. The van der Waals surface area contributed by atoms with Crippen molar-refractivity contribution in [2.45, 2.75) is 33.8 Å². The lowest BCUT2D eigenvalue weighted by Gasteiger charge is -2.13. The second kappa shape index (κ2) is 9.05. The van der Waals surface area contributed by atoms with Crippen molar-refractivity contribution in [1.82, 2.24) is 4.98 Å². The summed E-state index contributed by atoms with van der Waals surface area (Å²) in [6, 6.07) is 4.87. The Bertz CT molecular complexity index is 918. The van der Waals surface area contributed by atoms with E-state index in [0.717, 1.165) is 0 Å². The Balaban J connectivity index is 2.23. The molecule has 1 heterocycles. The fourth-order valence-electron chi connectivity index (χ4n) is 2.77. The molecule has 1 N–H and O–H groups in total. The molecule has 7 nitrogen and oxygen atoms in total. The second-order valence-electron chi connectivity index (χ2n) is 6.10. The van der Waals surface area contributed by atoms with Gasteiger partial charge in [-0.05, 0) is 67.4 Å². The molecule has 1 atom stereocenters. The summed E-state index contributed by atoms with van der Waals surface area (Å²) in [5.74, 6) is -1.12. The molecule has 150 valence electrons. The molecule has 0 bridgehead atoms. The van der Waals surface area contributed by atoms with Gasteiger partial charge in [0.2, 0.25) is 5.78 Å². The first kappa shape index (κ1) is 21.7. The molecule has 0 saturated heterocycles. The third kappa shape index (κ3) is 4.44. The molecule has 1 aromatic carbocycles. The monoisotopic (exact) mass is 451 g/mol. The van der Waals surface area contributed by atoms with Gasteiger partial charge in [-0.1, -0.05) is 0 Å². The van der Waals surface area contributed by atoms with Crippen molar-refractivity contribution >= 4 is 33.7 Å². The third-order valence-electron chi connectivity index (χ3n) is 4.21. The average molecular weight is 452 g/mol. The molecule has 1 aromatic heterocycles. The molecule has 0 amide bonds. The van der Waals surface area contributed by atoms with Crippen LogP contribution < -0.4 is 4.74 Å². The molecule has 8 heteroatoms. The number of carbonyl (C=O) groups is 3. The van der Waals surface area contributed by atoms with Gasteiger partial charge in [0.05, 0.1) is 30.5 Å². The first-order valence-electron chi connectivity index (χ1n) is 8.66. The molecule has 0 saturated carbocycles. The number of benzene rings is 1. The Kier molecular flexibility index (Phi) is 7.01. The predicted molar refractivity (Wildman–Crippen MR) is 106 cm³/mol. The highest BCUT2D eigenvalue weighted by atomic mass is 79.9. The van der Waals surface area contributed by atoms with E-state index in [4.69, 9.17) is 14.2 Å². The standard InChI is InChI=1S/C20H22BrNO6/c1-6-27-20(25)16-10(2)17(22-11(16)3)18(23)12(4)28-19(24)14-9-13(26-5)7-8-15(14)21/h7-9,12,22H,6H2,1-5H3. The van der Waals surface area contributed by atoms with Gasteiger partial charge in [0.25, 0.3) is 0 Å². The summed E-state index contributed by atoms with van der Waals surface area (Å²) in [4.78, 5) is 40.3. The Hall–Kier alpha value is -2.61. The normalized spacial score (nSPS) is 11.6. The molecule has 2 aromatic rings. The number of ketones is 1. The first-order valence-corrected chi connectivity index (χ1v) is 9.45. The Labute approximate surface area is 171 Å². The summed E-state index contributed by atoms with van der Waals surface area (Å²) < 4.78 is 16.0. The number of esters is 2. The molecule has 1 unspecified atom stereocenters. The van der Waals surface area contributed by atoms with Crippen molar-refractivity contribution in [2.24, 2.45) is 0 Å². The van der Waals surface area contributed by atoms with Crippen LogP contribution in [0.4, 0.5) is 0 Å². The molecule has 0 aliphatic carbocycles. The van der Waals surface area contributed by atoms with E-state index < -0.39 is 23.8 Å². The molecule has 0 aliphatic rings. The van der Waals surface area contributed by atoms with E-state index in [1.54, 1.807) is 32.9 Å². The van der Waals surface area contributed by atoms with Gasteiger partial charge in [0.1, 0.15) is 5.75 Å². The summed E-state index contributed by atoms with van der Waals surface area (Å²) in [6.45, 7) is 6.75. The maximum atomic E-state index is 12.8. The first-order chi connectivity index (χ1) is 13.2. The summed E-state index contributed by atoms with van der Waals surface area (Å²) in [6.07, 6.45) is -1.06. The number of hydrogen-bond acceptors (Lipinski definition) is 6. The van der Waals surface area contributed by atoms with Gasteiger partial charge in [0.15, 0.2) is 6.10 Å². The number of hydrogen-bond donors (Lipinski definition) is 1. The summed E-state index contributed by atoms with van der Waals surface area (Å²) >= 11 is 3.29. The Morgan fingerprint density at radius 1 is 1.18 bits per heavy atom. The van der Waals surface area contributed by atoms with Crippen LogP contribution in [0, 0.1) is 13.8 Å². The number of aromatic amines is 1. The molecule has 0 spiro atoms. The number of rotatable bonds is 7. The number of carbonyl (C=O) groups excluding carboxylic acids is 3. The third-order valence-corrected chi connectivity index (χ3v) is 4.90. The zero-order chi connectivity index (χ0) is 21.0. The number of aryl methyl sites for hydroxylation is 1. The van der Waals surface area contributed by atoms with Gasteiger partial charge in [-0.25, -0.2) is 9.59 Å². The number of H-pyrrole nitrogens is 1. The minimum atomic E-state index is -1.06. The van der Waals surface area contributed by atoms with Crippen molar-refractivity contribution in [3.63, 3.8) is 0 Å². The van der Waals surface area contributed by atoms with Crippen LogP contribution in [0.5, 0.6) is 5.75 Å². The molecule has 28 heavy (non-hydrogen) atoms. The topological polar surface area (TPSA) is 94.7 Å². The predicted octanol–water partition coefficient (Wildman–Crippen LogP) is 4.01. The Morgan fingerprint density at radius 3 is 2.46 bits per heavy atom. The minimum Gasteiger partial charge on any atom is -0.497 e. The van der Waals surface area contributed by atoms with E-state index in [0.29, 0.717) is 27.0 Å². The lowest BCUT2D eigenvalue weighted by molar-refractivity contribution is 0.0315. The van der Waals surface area contributed by atoms with Crippen LogP contribution in [0.2, 0.25) is 0 Å². The molecule has 0 fully saturated rings. The van der Waals surface area contributed by atoms with Crippen LogP contribution >= 0.6 is 15.9 Å². The summed E-state index contributed by atoms with van der Waals surface area (Å²) in [5, 5.41) is 0. The van der Waals surface area contributed by atoms with E-state index in [1.807, 2.05) is 0 Å². The molecular weight excluding hydrogens is 430 g/mol. The zero-order valence-electron chi connectivity index (χ0n) is 16.3. The van der Waals surface area contributed by atoms with E-state index in [9.17, 15) is 14.4 Å². The maximum Gasteiger partial charge on any atom is 0.340 e. The Morgan fingerprint density at radius 2 is 1.86 bits per heavy atom. The highest BCUT2D eigenvalue weighted by Gasteiger charge is 2.28. The largest absolute Gasteiger partial charge is 0.497 e. The van der Waals surface area contributed by atoms with Crippen LogP contribution in [0.25, 0.3) is 0 Å². The van der Waals surface area contributed by atoms with Gasteiger partial charge < -0.3 is 19.2 Å². The number of aromatic nitrogens is 1. The fourth-order valence-corrected chi connectivity index (χ4v) is 3.18. The molecule has 0 radical (unpaired) electrons. The van der Waals surface area contributed by atoms with Gasteiger partial charge in [0, 0.05) is 10.2 Å². The zero-order valence-corrected chi connectivity index (χ0v) is 17.9. The smallest absolute Gasteiger partial charge is 0.340 e. The second-order valence-corrected chi connectivity index (χ2v) is 6.96. The van der Waals surface area contributed by atoms with Gasteiger partial charge in [-0.2, -0.15) is 0 Å². The van der Waals surface area contributed by atoms with Crippen LogP contribution in [0.1, 0.15) is 56.3 Å². The minimum absolute atomic E-state index is 0.213. The van der Waals surface area contributed by atoms with Crippen LogP contribution in [-0.2, 0) is 9.47 Å². The molecule has 2 rings (SSSR count). The van der Waals surface area contributed by atoms with E-state index in [-0.39, 0.29) is 17.9 Å². The van der Waals surface area contributed by atoms with Crippen LogP contribution in [-0.4, -0.2) is 42.5 Å². The lowest BCUT2D eigenvalue weighted by Crippen LogP contribution is -2.25. The average Bonchev–Trinajstić information content (AvgIpc) is 2.95. The quantitative estimate of drug-likeness (QED) is 0.504. The van der Waals surface area contributed by atoms with Gasteiger partial charge in [-0.15, -0.1) is 0 Å². The van der Waals surface area contributed by atoms with Crippen LogP contribution in [0.15, 0.2) is 22.7 Å². The van der Waals surface area contributed by atoms with Crippen molar-refractivity contribution in [2.75, 3.05) is 13.7 Å². The van der Waals surface area contributed by atoms with Crippen molar-refractivity contribution in [1.29, 1.82) is 0 Å². The number of halogens is 1. The van der Waals surface area contributed by atoms with Crippen molar-refractivity contribution in [3.8, 4) is 5.75 Å². The number of ether oxygens (including phenoxy) is 3. The number of Topliss-reactive ketones (excluding diaryl/α,β-unsaturated/α-hetero) is 1. The number of nitrogens with one attached hydrogen (secondary N) is 1. The lowest BCUT2D eigenvalue weighted by atomic mass is 10.1. The molecular formula is C20H22BrNO6. The summed E-state index contributed by atoms with van der Waals surface area (Å²) in [7, 11) is 1.49. The fraction of sp³-hybridized carbons (Fsp3) is 0.350. The van der Waals surface area contributed by atoms with E-state index in [2.05, 4.69) is 20.9 Å². The van der Waals surface area contributed by atoms with Crippen molar-refractivity contribution in [3.05, 3.63) is 50.8 Å². The summed E-state index contributed by atoms with van der Waals surface area (Å²) in [5.41, 5.74) is 1.76. The van der Waals surface area contributed by atoms with Gasteiger partial charge >= 0.3 is 11.9 Å². The number of methoxy groups -OCH3 is 1. The molecule has 0 aliphatic heterocycles. The van der Waals surface area contributed by atoms with Crippen LogP contribution in [0.3, 0.4) is 0 Å². The highest BCUT2D eigenvalue weighted by Crippen LogP contribution is 2.25. The highest BCUT2D eigenvalue weighted by molar-refractivity contribution is 9.10. The van der Waals surface area contributed by atoms with E-state index in [1.165, 1.54) is 20.1 Å². The maximum absolute atomic E-state index is 12.8. The van der Waals surface area contributed by atoms with Crippen molar-refractivity contribution < 1.29 is 28.6 Å².